The van der Waals surface area contributed by atoms with Crippen LogP contribution in [0.1, 0.15) is 21.5 Å². The van der Waals surface area contributed by atoms with Gasteiger partial charge in [-0.2, -0.15) is 0 Å². The molecule has 6 heteroatoms. The van der Waals surface area contributed by atoms with Gasteiger partial charge in [-0.3, -0.25) is 4.84 Å². The molecule has 14 heavy (non-hydrogen) atoms. The first kappa shape index (κ1) is 13.4. The van der Waals surface area contributed by atoms with Crippen LogP contribution in [0, 0.1) is 0 Å². The van der Waals surface area contributed by atoms with E-state index in [1.165, 1.54) is 11.3 Å². The van der Waals surface area contributed by atoms with Crippen molar-refractivity contribution in [2.24, 2.45) is 5.90 Å². The quantitative estimate of drug-likeness (QED) is 0.640. The van der Waals surface area contributed by atoms with Crippen LogP contribution in [0.2, 0.25) is 0 Å². The summed E-state index contributed by atoms with van der Waals surface area (Å²) < 4.78 is 4.82. The number of halogens is 1. The average molecular weight is 238 g/mol. The fourth-order valence-electron chi connectivity index (χ4n) is 0.850. The number of thiophene rings is 1. The lowest BCUT2D eigenvalue weighted by molar-refractivity contribution is 0.0532. The van der Waals surface area contributed by atoms with Gasteiger partial charge in [0.1, 0.15) is 11.5 Å². The van der Waals surface area contributed by atoms with Crippen LogP contribution in [0.4, 0.5) is 0 Å². The van der Waals surface area contributed by atoms with E-state index in [2.05, 4.69) is 4.84 Å². The molecule has 0 radical (unpaired) electrons. The minimum Gasteiger partial charge on any atom is -0.462 e. The van der Waals surface area contributed by atoms with E-state index in [-0.39, 0.29) is 18.4 Å². The molecule has 0 aliphatic heterocycles. The van der Waals surface area contributed by atoms with Gasteiger partial charge < -0.3 is 4.74 Å². The lowest BCUT2D eigenvalue weighted by Crippen LogP contribution is -2.01. The van der Waals surface area contributed by atoms with E-state index in [9.17, 15) is 4.79 Å². The SMILES string of the molecule is CCOC(=O)c1ccc(CON)s1.Cl. The lowest BCUT2D eigenvalue weighted by atomic mass is 10.4. The van der Waals surface area contributed by atoms with Gasteiger partial charge in [-0.25, -0.2) is 10.7 Å². The number of hydrogen-bond donors (Lipinski definition) is 1. The third-order valence-corrected chi connectivity index (χ3v) is 2.40. The van der Waals surface area contributed by atoms with E-state index in [0.717, 1.165) is 4.88 Å². The Kier molecular flexibility index (Phi) is 6.48. The highest BCUT2D eigenvalue weighted by atomic mass is 35.5. The summed E-state index contributed by atoms with van der Waals surface area (Å²) in [6, 6.07) is 3.50. The van der Waals surface area contributed by atoms with Gasteiger partial charge in [0, 0.05) is 4.88 Å². The molecule has 2 N–H and O–H groups in total. The Morgan fingerprint density at radius 3 is 2.86 bits per heavy atom. The Labute approximate surface area is 92.4 Å². The number of hydrogen-bond acceptors (Lipinski definition) is 5. The molecular formula is C8H12ClNO3S. The summed E-state index contributed by atoms with van der Waals surface area (Å²) in [6.45, 7) is 2.49. The van der Waals surface area contributed by atoms with Gasteiger partial charge in [0.15, 0.2) is 0 Å². The summed E-state index contributed by atoms with van der Waals surface area (Å²) in [5.41, 5.74) is 0. The minimum atomic E-state index is -0.296. The number of carbonyl (C=O) groups excluding carboxylic acids is 1. The number of rotatable bonds is 4. The van der Waals surface area contributed by atoms with E-state index in [4.69, 9.17) is 10.6 Å². The highest BCUT2D eigenvalue weighted by Gasteiger charge is 2.09. The second-order valence-electron chi connectivity index (χ2n) is 2.30. The highest BCUT2D eigenvalue weighted by molar-refractivity contribution is 7.13. The van der Waals surface area contributed by atoms with E-state index in [1.54, 1.807) is 19.1 Å². The summed E-state index contributed by atoms with van der Waals surface area (Å²) in [4.78, 5) is 17.1. The summed E-state index contributed by atoms with van der Waals surface area (Å²) >= 11 is 1.33. The Bertz CT molecular complexity index is 290. The van der Waals surface area contributed by atoms with Gasteiger partial charge in [0.2, 0.25) is 0 Å². The molecular weight excluding hydrogens is 226 g/mol. The topological polar surface area (TPSA) is 61.5 Å². The number of nitrogens with two attached hydrogens (primary N) is 1. The smallest absolute Gasteiger partial charge is 0.348 e. The molecule has 0 atom stereocenters. The Morgan fingerprint density at radius 2 is 2.29 bits per heavy atom. The summed E-state index contributed by atoms with van der Waals surface area (Å²) in [5.74, 6) is 4.60. The predicted molar refractivity (Wildman–Crippen MR) is 56.5 cm³/mol. The first-order valence-corrected chi connectivity index (χ1v) is 4.67. The Hall–Kier alpha value is -0.620. The maximum absolute atomic E-state index is 11.2. The van der Waals surface area contributed by atoms with Crippen molar-refractivity contribution in [3.8, 4) is 0 Å². The minimum absolute atomic E-state index is 0. The van der Waals surface area contributed by atoms with Gasteiger partial charge in [0.05, 0.1) is 6.61 Å². The number of ether oxygens (including phenoxy) is 1. The van der Waals surface area contributed by atoms with Crippen LogP contribution in [0.25, 0.3) is 0 Å². The molecule has 80 valence electrons. The van der Waals surface area contributed by atoms with Gasteiger partial charge in [-0.1, -0.05) is 0 Å². The maximum Gasteiger partial charge on any atom is 0.348 e. The molecule has 1 aromatic rings. The van der Waals surface area contributed by atoms with Crippen LogP contribution < -0.4 is 5.90 Å². The summed E-state index contributed by atoms with van der Waals surface area (Å²) in [7, 11) is 0. The maximum atomic E-state index is 11.2. The fraction of sp³-hybridized carbons (Fsp3) is 0.375. The lowest BCUT2D eigenvalue weighted by Gasteiger charge is -1.96. The number of esters is 1. The zero-order chi connectivity index (χ0) is 9.68. The van der Waals surface area contributed by atoms with Crippen molar-refractivity contribution in [3.05, 3.63) is 21.9 Å². The van der Waals surface area contributed by atoms with E-state index in [0.29, 0.717) is 18.1 Å². The molecule has 0 aliphatic rings. The molecule has 1 aromatic heterocycles. The second kappa shape index (κ2) is 6.78. The molecule has 0 spiro atoms. The highest BCUT2D eigenvalue weighted by Crippen LogP contribution is 2.17. The van der Waals surface area contributed by atoms with Crippen LogP contribution in [-0.2, 0) is 16.2 Å². The normalized spacial score (nSPS) is 9.29. The van der Waals surface area contributed by atoms with Crippen molar-refractivity contribution in [2.45, 2.75) is 13.5 Å². The molecule has 0 amide bonds. The Balaban J connectivity index is 0.00000169. The molecule has 4 nitrogen and oxygen atoms in total. The second-order valence-corrected chi connectivity index (χ2v) is 3.47. The molecule has 0 saturated carbocycles. The average Bonchev–Trinajstić information content (AvgIpc) is 2.54. The monoisotopic (exact) mass is 237 g/mol. The van der Waals surface area contributed by atoms with Crippen molar-refractivity contribution in [1.82, 2.24) is 0 Å². The molecule has 0 bridgehead atoms. The van der Waals surface area contributed by atoms with E-state index < -0.39 is 0 Å². The van der Waals surface area contributed by atoms with Gasteiger partial charge >= 0.3 is 5.97 Å². The largest absolute Gasteiger partial charge is 0.462 e. The van der Waals surface area contributed by atoms with Gasteiger partial charge in [-0.05, 0) is 19.1 Å². The van der Waals surface area contributed by atoms with Crippen LogP contribution in [0.3, 0.4) is 0 Å². The summed E-state index contributed by atoms with van der Waals surface area (Å²) in [6.07, 6.45) is 0. The molecule has 0 fully saturated rings. The van der Waals surface area contributed by atoms with Crippen LogP contribution in [0.5, 0.6) is 0 Å². The van der Waals surface area contributed by atoms with Crippen molar-refractivity contribution in [2.75, 3.05) is 6.61 Å². The third-order valence-electron chi connectivity index (χ3n) is 1.36. The third kappa shape index (κ3) is 3.63. The van der Waals surface area contributed by atoms with E-state index >= 15 is 0 Å². The first-order chi connectivity index (χ1) is 6.27. The molecule has 0 aliphatic carbocycles. The summed E-state index contributed by atoms with van der Waals surface area (Å²) in [5, 5.41) is 0. The van der Waals surface area contributed by atoms with Crippen molar-refractivity contribution < 1.29 is 14.4 Å². The molecule has 0 unspecified atom stereocenters. The fourth-order valence-corrected chi connectivity index (χ4v) is 1.67. The predicted octanol–water partition coefficient (Wildman–Crippen LogP) is 1.74. The molecule has 1 rings (SSSR count). The van der Waals surface area contributed by atoms with Crippen molar-refractivity contribution in [1.29, 1.82) is 0 Å². The van der Waals surface area contributed by atoms with Gasteiger partial charge in [-0.15, -0.1) is 23.7 Å². The van der Waals surface area contributed by atoms with E-state index in [1.807, 2.05) is 0 Å². The first-order valence-electron chi connectivity index (χ1n) is 3.85. The molecule has 0 saturated heterocycles. The molecule has 0 aromatic carbocycles. The zero-order valence-electron chi connectivity index (χ0n) is 7.69. The van der Waals surface area contributed by atoms with Crippen LogP contribution in [0.15, 0.2) is 12.1 Å². The van der Waals surface area contributed by atoms with Gasteiger partial charge in [0.25, 0.3) is 0 Å². The van der Waals surface area contributed by atoms with Crippen molar-refractivity contribution in [3.63, 3.8) is 0 Å². The molecule has 1 heterocycles. The number of carbonyl (C=O) groups is 1. The standard InChI is InChI=1S/C8H11NO3S.ClH/c1-2-11-8(10)7-4-3-6(13-7)5-12-9;/h3-4H,2,5,9H2,1H3;1H. The van der Waals surface area contributed by atoms with Crippen LogP contribution >= 0.6 is 23.7 Å². The van der Waals surface area contributed by atoms with Crippen molar-refractivity contribution >= 4 is 29.7 Å². The Morgan fingerprint density at radius 1 is 1.57 bits per heavy atom. The zero-order valence-corrected chi connectivity index (χ0v) is 9.32. The van der Waals surface area contributed by atoms with Crippen LogP contribution in [-0.4, -0.2) is 12.6 Å².